The molecule has 0 saturated carbocycles. The summed E-state index contributed by atoms with van der Waals surface area (Å²) < 4.78 is 0. The molecule has 0 aromatic rings. The highest BCUT2D eigenvalue weighted by atomic mass is 16.4. The molecule has 4 amide bonds. The molecule has 4 N–H and O–H groups in total. The van der Waals surface area contributed by atoms with Gasteiger partial charge in [-0.25, -0.2) is 9.59 Å². The Morgan fingerprint density at radius 1 is 1.38 bits per heavy atom. The summed E-state index contributed by atoms with van der Waals surface area (Å²) in [7, 11) is 0. The van der Waals surface area contributed by atoms with Gasteiger partial charge in [-0.3, -0.25) is 19.7 Å². The Morgan fingerprint density at radius 2 is 2.00 bits per heavy atom. The second-order valence-electron chi connectivity index (χ2n) is 4.49. The minimum atomic E-state index is -1.42. The van der Waals surface area contributed by atoms with E-state index in [1.54, 1.807) is 0 Å². The minimum absolute atomic E-state index is 0.307. The number of urea groups is 1. The summed E-state index contributed by atoms with van der Waals surface area (Å²) in [5.74, 6) is -3.94. The third-order valence-electron chi connectivity index (χ3n) is 2.93. The van der Waals surface area contributed by atoms with E-state index >= 15 is 0 Å². The van der Waals surface area contributed by atoms with Crippen LogP contribution in [-0.4, -0.2) is 63.5 Å². The molecule has 2 atom stereocenters. The molecule has 21 heavy (non-hydrogen) atoms. The lowest BCUT2D eigenvalue weighted by molar-refractivity contribution is -0.140. The number of rotatable bonds is 5. The van der Waals surface area contributed by atoms with Crippen LogP contribution in [0.25, 0.3) is 0 Å². The molecule has 1 aliphatic rings. The fraction of sp³-hybridized carbons (Fsp3) is 0.545. The van der Waals surface area contributed by atoms with Crippen LogP contribution in [-0.2, 0) is 19.2 Å². The molecular weight excluding hydrogens is 286 g/mol. The van der Waals surface area contributed by atoms with Gasteiger partial charge in [0.05, 0.1) is 0 Å². The van der Waals surface area contributed by atoms with E-state index in [2.05, 4.69) is 5.32 Å². The first kappa shape index (κ1) is 16.4. The van der Waals surface area contributed by atoms with Gasteiger partial charge in [0, 0.05) is 6.42 Å². The second kappa shape index (κ2) is 6.68. The molecule has 1 aliphatic heterocycles. The summed E-state index contributed by atoms with van der Waals surface area (Å²) >= 11 is 0. The highest BCUT2D eigenvalue weighted by Crippen LogP contribution is 2.07. The van der Waals surface area contributed by atoms with Gasteiger partial charge in [0.2, 0.25) is 11.8 Å². The van der Waals surface area contributed by atoms with Crippen LogP contribution in [0.1, 0.15) is 19.8 Å². The topological polar surface area (TPSA) is 153 Å². The molecular formula is C11H15N3O7. The molecule has 116 valence electrons. The minimum Gasteiger partial charge on any atom is -0.481 e. The zero-order valence-corrected chi connectivity index (χ0v) is 11.2. The van der Waals surface area contributed by atoms with Crippen LogP contribution >= 0.6 is 0 Å². The lowest BCUT2D eigenvalue weighted by atomic mass is 10.1. The van der Waals surface area contributed by atoms with E-state index in [-0.39, 0.29) is 13.0 Å². The lowest BCUT2D eigenvalue weighted by Crippen LogP contribution is -2.62. The molecule has 1 unspecified atom stereocenters. The maximum atomic E-state index is 11.9. The van der Waals surface area contributed by atoms with Gasteiger partial charge in [-0.1, -0.05) is 0 Å². The molecule has 0 bridgehead atoms. The van der Waals surface area contributed by atoms with E-state index in [9.17, 15) is 24.0 Å². The Labute approximate surface area is 119 Å². The molecule has 1 saturated heterocycles. The van der Waals surface area contributed by atoms with Crippen LogP contribution in [0.2, 0.25) is 0 Å². The number of amides is 4. The van der Waals surface area contributed by atoms with Crippen LogP contribution in [0.15, 0.2) is 0 Å². The van der Waals surface area contributed by atoms with E-state index in [0.29, 0.717) is 0 Å². The SMILES string of the molecule is CC1C(=O)NC(=O)CN1C(=O)N[C@@H](CCC(=O)O)C(=O)O. The largest absolute Gasteiger partial charge is 0.481 e. The third kappa shape index (κ3) is 4.44. The van der Waals surface area contributed by atoms with Gasteiger partial charge in [0.15, 0.2) is 0 Å². The number of carbonyl (C=O) groups excluding carboxylic acids is 3. The number of piperazine rings is 1. The van der Waals surface area contributed by atoms with Gasteiger partial charge in [-0.2, -0.15) is 0 Å². The van der Waals surface area contributed by atoms with E-state index in [4.69, 9.17) is 10.2 Å². The van der Waals surface area contributed by atoms with Crippen molar-refractivity contribution < 1.29 is 34.2 Å². The Bertz CT molecular complexity index is 490. The Morgan fingerprint density at radius 3 is 2.52 bits per heavy atom. The monoisotopic (exact) mass is 301 g/mol. The fourth-order valence-corrected chi connectivity index (χ4v) is 1.72. The second-order valence-corrected chi connectivity index (χ2v) is 4.49. The van der Waals surface area contributed by atoms with Crippen molar-refractivity contribution in [3.63, 3.8) is 0 Å². The first-order valence-corrected chi connectivity index (χ1v) is 6.07. The molecule has 0 spiro atoms. The van der Waals surface area contributed by atoms with Crippen molar-refractivity contribution in [2.75, 3.05) is 6.54 Å². The number of nitrogens with one attached hydrogen (secondary N) is 2. The molecule has 0 aromatic carbocycles. The Hall–Kier alpha value is -2.65. The van der Waals surface area contributed by atoms with E-state index in [1.807, 2.05) is 5.32 Å². The average molecular weight is 301 g/mol. The predicted molar refractivity (Wildman–Crippen MR) is 66.1 cm³/mol. The first-order valence-electron chi connectivity index (χ1n) is 6.07. The van der Waals surface area contributed by atoms with E-state index in [0.717, 1.165) is 4.90 Å². The molecule has 10 heteroatoms. The lowest BCUT2D eigenvalue weighted by Gasteiger charge is -2.32. The molecule has 0 aliphatic carbocycles. The quantitative estimate of drug-likeness (QED) is 0.444. The summed E-state index contributed by atoms with van der Waals surface area (Å²) in [6.45, 7) is 0.998. The summed E-state index contributed by atoms with van der Waals surface area (Å²) in [6.07, 6.45) is -0.745. The third-order valence-corrected chi connectivity index (χ3v) is 2.93. The van der Waals surface area contributed by atoms with Crippen molar-refractivity contribution >= 4 is 29.8 Å². The molecule has 1 rings (SSSR count). The highest BCUT2D eigenvalue weighted by Gasteiger charge is 2.35. The molecule has 10 nitrogen and oxygen atoms in total. The van der Waals surface area contributed by atoms with Crippen LogP contribution in [0.4, 0.5) is 4.79 Å². The van der Waals surface area contributed by atoms with Crippen molar-refractivity contribution in [3.05, 3.63) is 0 Å². The summed E-state index contributed by atoms with van der Waals surface area (Å²) in [5, 5.41) is 21.6. The van der Waals surface area contributed by atoms with Gasteiger partial charge < -0.3 is 20.4 Å². The van der Waals surface area contributed by atoms with Crippen molar-refractivity contribution in [2.24, 2.45) is 0 Å². The number of carboxylic acids is 2. The van der Waals surface area contributed by atoms with Crippen molar-refractivity contribution in [1.82, 2.24) is 15.5 Å². The smallest absolute Gasteiger partial charge is 0.326 e. The van der Waals surface area contributed by atoms with Crippen LogP contribution in [0.3, 0.4) is 0 Å². The molecule has 0 aromatic heterocycles. The first-order chi connectivity index (χ1) is 9.72. The van der Waals surface area contributed by atoms with Crippen LogP contribution in [0, 0.1) is 0 Å². The number of carbonyl (C=O) groups is 5. The van der Waals surface area contributed by atoms with E-state index < -0.39 is 48.3 Å². The number of imide groups is 1. The van der Waals surface area contributed by atoms with Gasteiger partial charge in [-0.05, 0) is 13.3 Å². The number of hydrogen-bond acceptors (Lipinski definition) is 5. The number of hydrogen-bond donors (Lipinski definition) is 4. The molecule has 1 fully saturated rings. The van der Waals surface area contributed by atoms with E-state index in [1.165, 1.54) is 6.92 Å². The predicted octanol–water partition coefficient (Wildman–Crippen LogP) is -1.64. The number of nitrogens with zero attached hydrogens (tertiary/aromatic N) is 1. The normalized spacial score (nSPS) is 19.7. The maximum Gasteiger partial charge on any atom is 0.326 e. The van der Waals surface area contributed by atoms with Gasteiger partial charge in [0.25, 0.3) is 0 Å². The molecule has 1 heterocycles. The van der Waals surface area contributed by atoms with Gasteiger partial charge in [-0.15, -0.1) is 0 Å². The summed E-state index contributed by atoms with van der Waals surface area (Å²) in [5.41, 5.74) is 0. The standard InChI is InChI=1S/C11H15N3O7/c1-5-9(18)13-7(15)4-14(5)11(21)12-6(10(19)20)2-3-8(16)17/h5-6H,2-4H2,1H3,(H,12,21)(H,16,17)(H,19,20)(H,13,15,18)/t5?,6-/m0/s1. The van der Waals surface area contributed by atoms with Crippen molar-refractivity contribution in [1.29, 1.82) is 0 Å². The van der Waals surface area contributed by atoms with Crippen LogP contribution in [0.5, 0.6) is 0 Å². The van der Waals surface area contributed by atoms with Gasteiger partial charge in [0.1, 0.15) is 18.6 Å². The number of aliphatic carboxylic acids is 2. The average Bonchev–Trinajstić information content (AvgIpc) is 2.37. The zero-order valence-electron chi connectivity index (χ0n) is 11.2. The summed E-state index contributed by atoms with van der Waals surface area (Å²) in [4.78, 5) is 56.9. The van der Waals surface area contributed by atoms with Gasteiger partial charge >= 0.3 is 18.0 Å². The summed E-state index contributed by atoms with van der Waals surface area (Å²) in [6, 6.07) is -3.26. The maximum absolute atomic E-state index is 11.9. The van der Waals surface area contributed by atoms with Crippen LogP contribution < -0.4 is 10.6 Å². The zero-order chi connectivity index (χ0) is 16.2. The van der Waals surface area contributed by atoms with Crippen molar-refractivity contribution in [2.45, 2.75) is 31.8 Å². The number of carboxylic acid groups (broad SMARTS) is 2. The Balaban J connectivity index is 2.71. The highest BCUT2D eigenvalue weighted by molar-refractivity contribution is 6.04. The fourth-order valence-electron chi connectivity index (χ4n) is 1.72. The van der Waals surface area contributed by atoms with Crippen molar-refractivity contribution in [3.8, 4) is 0 Å². The molecule has 0 radical (unpaired) electrons. The Kier molecular flexibility index (Phi) is 5.22.